The van der Waals surface area contributed by atoms with E-state index in [1.54, 1.807) is 26.2 Å². The molecule has 0 aliphatic carbocycles. The molecule has 5 nitrogen and oxygen atoms in total. The Hall–Kier alpha value is -3.08. The summed E-state index contributed by atoms with van der Waals surface area (Å²) >= 11 is 0. The third-order valence-corrected chi connectivity index (χ3v) is 4.00. The Morgan fingerprint density at radius 1 is 1.04 bits per heavy atom. The van der Waals surface area contributed by atoms with Crippen LogP contribution in [-0.4, -0.2) is 19.0 Å². The van der Waals surface area contributed by atoms with Gasteiger partial charge in [0.15, 0.2) is 11.9 Å². The lowest BCUT2D eigenvalue weighted by Gasteiger charge is -2.12. The number of methoxy groups -OCH3 is 1. The molecule has 3 aromatic rings. The number of ketones is 1. The van der Waals surface area contributed by atoms with E-state index in [0.29, 0.717) is 11.3 Å². The Bertz CT molecular complexity index is 970. The van der Waals surface area contributed by atoms with Crippen LogP contribution in [0.4, 0.5) is 0 Å². The summed E-state index contributed by atoms with van der Waals surface area (Å²) in [7, 11) is 1.60. The molecule has 1 atom stereocenters. The Labute approximate surface area is 144 Å². The van der Waals surface area contributed by atoms with Crippen molar-refractivity contribution in [2.75, 3.05) is 7.11 Å². The highest BCUT2D eigenvalue weighted by molar-refractivity contribution is 5.93. The van der Waals surface area contributed by atoms with Gasteiger partial charge >= 0.3 is 5.63 Å². The first-order valence-electron chi connectivity index (χ1n) is 7.87. The average molecular weight is 338 g/mol. The second kappa shape index (κ2) is 6.81. The van der Waals surface area contributed by atoms with Gasteiger partial charge in [0.1, 0.15) is 17.1 Å². The molecule has 0 aliphatic rings. The summed E-state index contributed by atoms with van der Waals surface area (Å²) in [5.74, 6) is 1.14. The normalized spacial score (nSPS) is 12.0. The molecule has 0 radical (unpaired) electrons. The highest BCUT2D eigenvalue weighted by atomic mass is 16.5. The Morgan fingerprint density at radius 2 is 1.72 bits per heavy atom. The molecule has 0 N–H and O–H groups in total. The molecule has 0 saturated carbocycles. The lowest BCUT2D eigenvalue weighted by Crippen LogP contribution is -2.20. The minimum atomic E-state index is -0.561. The summed E-state index contributed by atoms with van der Waals surface area (Å²) < 4.78 is 16.0. The highest BCUT2D eigenvalue weighted by Crippen LogP contribution is 2.30. The van der Waals surface area contributed by atoms with Gasteiger partial charge in [0.2, 0.25) is 0 Å². The summed E-state index contributed by atoms with van der Waals surface area (Å²) in [6.07, 6.45) is -0.561. The standard InChI is InChI=1S/C20H18O5/c1-12(21)13(2)24-16-8-9-17-18(11-20(22)25-19(17)10-16)14-4-6-15(23-3)7-5-14/h4-11,13H,1-3H3/t13-/m0/s1. The summed E-state index contributed by atoms with van der Waals surface area (Å²) in [5.41, 5.74) is 1.60. The van der Waals surface area contributed by atoms with Crippen molar-refractivity contribution in [2.45, 2.75) is 20.0 Å². The van der Waals surface area contributed by atoms with Crippen LogP contribution in [0.2, 0.25) is 0 Å². The van der Waals surface area contributed by atoms with Crippen LogP contribution in [-0.2, 0) is 4.79 Å². The molecule has 1 heterocycles. The van der Waals surface area contributed by atoms with Crippen LogP contribution in [0.25, 0.3) is 22.1 Å². The van der Waals surface area contributed by atoms with Gasteiger partial charge in [-0.3, -0.25) is 4.79 Å². The van der Waals surface area contributed by atoms with Crippen LogP contribution in [0, 0.1) is 0 Å². The predicted octanol–water partition coefficient (Wildman–Crippen LogP) is 3.82. The maximum atomic E-state index is 12.0. The van der Waals surface area contributed by atoms with Gasteiger partial charge in [0.05, 0.1) is 7.11 Å². The Balaban J connectivity index is 2.07. The maximum absolute atomic E-state index is 12.0. The zero-order valence-corrected chi connectivity index (χ0v) is 14.2. The monoisotopic (exact) mass is 338 g/mol. The van der Waals surface area contributed by atoms with Crippen LogP contribution in [0.15, 0.2) is 57.7 Å². The number of Topliss-reactive ketones (excluding diaryl/α,β-unsaturated/α-hetero) is 1. The number of hydrogen-bond donors (Lipinski definition) is 0. The Morgan fingerprint density at radius 3 is 2.36 bits per heavy atom. The van der Waals surface area contributed by atoms with E-state index in [0.717, 1.165) is 22.3 Å². The molecule has 0 unspecified atom stereocenters. The fourth-order valence-corrected chi connectivity index (χ4v) is 2.51. The third-order valence-electron chi connectivity index (χ3n) is 4.00. The number of benzene rings is 2. The van der Waals surface area contributed by atoms with E-state index in [4.69, 9.17) is 13.9 Å². The second-order valence-corrected chi connectivity index (χ2v) is 5.74. The number of fused-ring (bicyclic) bond motifs is 1. The van der Waals surface area contributed by atoms with Crippen molar-refractivity contribution in [3.05, 3.63) is 59.0 Å². The largest absolute Gasteiger partial charge is 0.497 e. The molecule has 0 fully saturated rings. The van der Waals surface area contributed by atoms with Crippen molar-refractivity contribution < 1.29 is 18.7 Å². The molecule has 0 spiro atoms. The van der Waals surface area contributed by atoms with Crippen LogP contribution < -0.4 is 15.1 Å². The minimum absolute atomic E-state index is 0.0754. The van der Waals surface area contributed by atoms with Gasteiger partial charge in [-0.05, 0) is 49.2 Å². The molecule has 25 heavy (non-hydrogen) atoms. The van der Waals surface area contributed by atoms with E-state index >= 15 is 0 Å². The fraction of sp³-hybridized carbons (Fsp3) is 0.200. The zero-order valence-electron chi connectivity index (χ0n) is 14.2. The third kappa shape index (κ3) is 3.55. The quantitative estimate of drug-likeness (QED) is 0.662. The summed E-state index contributed by atoms with van der Waals surface area (Å²) in [6.45, 7) is 3.14. The lowest BCUT2D eigenvalue weighted by molar-refractivity contribution is -0.122. The van der Waals surface area contributed by atoms with Crippen molar-refractivity contribution in [3.63, 3.8) is 0 Å². The van der Waals surface area contributed by atoms with E-state index in [1.165, 1.54) is 13.0 Å². The van der Waals surface area contributed by atoms with Gasteiger partial charge in [-0.15, -0.1) is 0 Å². The molecule has 0 amide bonds. The molecule has 0 bridgehead atoms. The van der Waals surface area contributed by atoms with Crippen molar-refractivity contribution in [1.82, 2.24) is 0 Å². The Kier molecular flexibility index (Phi) is 4.57. The smallest absolute Gasteiger partial charge is 0.336 e. The van der Waals surface area contributed by atoms with Gasteiger partial charge in [-0.25, -0.2) is 4.79 Å². The van der Waals surface area contributed by atoms with Gasteiger partial charge in [-0.2, -0.15) is 0 Å². The van der Waals surface area contributed by atoms with Crippen LogP contribution in [0.5, 0.6) is 11.5 Å². The van der Waals surface area contributed by atoms with Gasteiger partial charge in [0.25, 0.3) is 0 Å². The first-order valence-corrected chi connectivity index (χ1v) is 7.87. The summed E-state index contributed by atoms with van der Waals surface area (Å²) in [4.78, 5) is 23.3. The summed E-state index contributed by atoms with van der Waals surface area (Å²) in [5, 5.41) is 0.785. The van der Waals surface area contributed by atoms with Crippen LogP contribution in [0.3, 0.4) is 0 Å². The second-order valence-electron chi connectivity index (χ2n) is 5.74. The topological polar surface area (TPSA) is 65.7 Å². The molecular formula is C20H18O5. The van der Waals surface area contributed by atoms with Crippen molar-refractivity contribution >= 4 is 16.8 Å². The molecule has 128 valence electrons. The minimum Gasteiger partial charge on any atom is -0.497 e. The van der Waals surface area contributed by atoms with E-state index < -0.39 is 11.7 Å². The number of rotatable bonds is 5. The van der Waals surface area contributed by atoms with Crippen LogP contribution in [0.1, 0.15) is 13.8 Å². The van der Waals surface area contributed by atoms with Gasteiger partial charge in [0, 0.05) is 17.5 Å². The number of carbonyl (C=O) groups excluding carboxylic acids is 1. The first-order chi connectivity index (χ1) is 12.0. The number of ether oxygens (including phenoxy) is 2. The SMILES string of the molecule is COc1ccc(-c2cc(=O)oc3cc(O[C@@H](C)C(C)=O)ccc23)cc1. The fourth-order valence-electron chi connectivity index (χ4n) is 2.51. The number of carbonyl (C=O) groups is 1. The predicted molar refractivity (Wildman–Crippen MR) is 95.2 cm³/mol. The molecule has 5 heteroatoms. The first kappa shape index (κ1) is 16.8. The molecule has 1 aromatic heterocycles. The molecule has 2 aromatic carbocycles. The molecular weight excluding hydrogens is 320 g/mol. The van der Waals surface area contributed by atoms with Crippen molar-refractivity contribution in [1.29, 1.82) is 0 Å². The van der Waals surface area contributed by atoms with E-state index in [2.05, 4.69) is 0 Å². The highest BCUT2D eigenvalue weighted by Gasteiger charge is 2.12. The average Bonchev–Trinajstić information content (AvgIpc) is 2.60. The van der Waals surface area contributed by atoms with E-state index in [9.17, 15) is 9.59 Å². The van der Waals surface area contributed by atoms with Crippen LogP contribution >= 0.6 is 0 Å². The lowest BCUT2D eigenvalue weighted by atomic mass is 10.0. The molecule has 0 aliphatic heterocycles. The summed E-state index contributed by atoms with van der Waals surface area (Å²) in [6, 6.07) is 14.1. The van der Waals surface area contributed by atoms with Gasteiger partial charge < -0.3 is 13.9 Å². The molecule has 0 saturated heterocycles. The number of hydrogen-bond acceptors (Lipinski definition) is 5. The van der Waals surface area contributed by atoms with E-state index in [-0.39, 0.29) is 5.78 Å². The van der Waals surface area contributed by atoms with Gasteiger partial charge in [-0.1, -0.05) is 12.1 Å². The van der Waals surface area contributed by atoms with E-state index in [1.807, 2.05) is 30.3 Å². The van der Waals surface area contributed by atoms with Crippen molar-refractivity contribution in [2.24, 2.45) is 0 Å². The van der Waals surface area contributed by atoms with Crippen molar-refractivity contribution in [3.8, 4) is 22.6 Å². The molecule has 3 rings (SSSR count). The zero-order chi connectivity index (χ0) is 18.0. The maximum Gasteiger partial charge on any atom is 0.336 e.